The van der Waals surface area contributed by atoms with Gasteiger partial charge in [-0.25, -0.2) is 0 Å². The zero-order chi connectivity index (χ0) is 64.2. The first-order valence-electron chi connectivity index (χ1n) is 33.0. The molecule has 0 saturated carbocycles. The van der Waals surface area contributed by atoms with Crippen molar-refractivity contribution in [3.63, 3.8) is 0 Å². The molecule has 0 aliphatic rings. The largest absolute Gasteiger partial charge is 0.456 e. The van der Waals surface area contributed by atoms with E-state index in [0.717, 1.165) is 137 Å². The van der Waals surface area contributed by atoms with Crippen LogP contribution in [0.5, 0.6) is 0 Å². The van der Waals surface area contributed by atoms with Gasteiger partial charge in [-0.15, -0.1) is 0 Å². The summed E-state index contributed by atoms with van der Waals surface area (Å²) in [6.07, 6.45) is 0. The van der Waals surface area contributed by atoms with E-state index in [4.69, 9.17) is 22.5 Å². The summed E-state index contributed by atoms with van der Waals surface area (Å²) in [6, 6.07) is 82.8. The molecule has 0 saturated heterocycles. The van der Waals surface area contributed by atoms with E-state index in [2.05, 4.69) is 115 Å². The van der Waals surface area contributed by atoms with Crippen LogP contribution in [0, 0.1) is 0 Å². The second-order valence-corrected chi connectivity index (χ2v) is 21.0. The van der Waals surface area contributed by atoms with Crippen molar-refractivity contribution in [1.29, 1.82) is 0 Å². The van der Waals surface area contributed by atoms with Crippen LogP contribution in [0.1, 0.15) is 13.7 Å². The van der Waals surface area contributed by atoms with Gasteiger partial charge in [0, 0.05) is 21.5 Å². The molecule has 0 amide bonds. The average Bonchev–Trinajstić information content (AvgIpc) is 1.01. The van der Waals surface area contributed by atoms with Crippen LogP contribution in [-0.2, 0) is 0 Å². The van der Waals surface area contributed by atoms with Crippen molar-refractivity contribution in [2.75, 3.05) is 0 Å². The van der Waals surface area contributed by atoms with Crippen molar-refractivity contribution in [1.82, 2.24) is 0 Å². The molecular formula is C82H52O2. The van der Waals surface area contributed by atoms with Crippen LogP contribution in [0.15, 0.2) is 324 Å². The molecule has 2 aromatic heterocycles. The average molecular weight is 1080 g/mol. The van der Waals surface area contributed by atoms with E-state index in [1.54, 1.807) is 0 Å². The Morgan fingerprint density at radius 1 is 0.202 bits per heavy atom. The van der Waals surface area contributed by atoms with E-state index in [0.29, 0.717) is 11.1 Å². The number of benzene rings is 15. The van der Waals surface area contributed by atoms with Crippen molar-refractivity contribution >= 4 is 87.0 Å². The highest BCUT2D eigenvalue weighted by Gasteiger charge is 2.23. The fraction of sp³-hybridized carbons (Fsp3) is 0. The Morgan fingerprint density at radius 2 is 0.548 bits per heavy atom. The number of fused-ring (bicyclic) bond motifs is 10. The smallest absolute Gasteiger partial charge is 0.136 e. The fourth-order valence-electron chi connectivity index (χ4n) is 12.7. The zero-order valence-electron chi connectivity index (χ0n) is 55.1. The highest BCUT2D eigenvalue weighted by molar-refractivity contribution is 6.27. The van der Waals surface area contributed by atoms with Crippen LogP contribution in [0.3, 0.4) is 0 Å². The summed E-state index contributed by atoms with van der Waals surface area (Å²) in [5.41, 5.74) is 15.6. The Bertz CT molecular complexity index is 5810. The minimum Gasteiger partial charge on any atom is -0.456 e. The monoisotopic (exact) mass is 1080 g/mol. The molecule has 0 atom stereocenters. The van der Waals surface area contributed by atoms with Gasteiger partial charge in [0.25, 0.3) is 0 Å². The van der Waals surface area contributed by atoms with Crippen molar-refractivity contribution < 1.29 is 22.5 Å². The third kappa shape index (κ3) is 8.26. The summed E-state index contributed by atoms with van der Waals surface area (Å²) in [5.74, 6) is 0. The van der Waals surface area contributed by atoms with Gasteiger partial charge in [0.2, 0.25) is 0 Å². The summed E-state index contributed by atoms with van der Waals surface area (Å²) >= 11 is 0. The molecular weight excluding hydrogens is 1020 g/mol. The molecule has 17 aromatic rings. The highest BCUT2D eigenvalue weighted by Crippen LogP contribution is 2.49. The summed E-state index contributed by atoms with van der Waals surface area (Å²) in [5, 5.41) is 11.0. The van der Waals surface area contributed by atoms with E-state index in [1.165, 1.54) is 5.56 Å². The van der Waals surface area contributed by atoms with Gasteiger partial charge in [-0.05, 0) is 157 Å². The van der Waals surface area contributed by atoms with Gasteiger partial charge in [0.1, 0.15) is 22.3 Å². The summed E-state index contributed by atoms with van der Waals surface area (Å²) in [7, 11) is 0. The van der Waals surface area contributed by atoms with Gasteiger partial charge in [-0.2, -0.15) is 0 Å². The molecule has 84 heavy (non-hydrogen) atoms. The molecule has 0 unspecified atom stereocenters. The lowest BCUT2D eigenvalue weighted by atomic mass is 9.85. The van der Waals surface area contributed by atoms with Gasteiger partial charge in [-0.1, -0.05) is 279 Å². The third-order valence-electron chi connectivity index (χ3n) is 16.3. The minimum atomic E-state index is -0.404. The number of hydrogen-bond acceptors (Lipinski definition) is 2. The predicted molar refractivity (Wildman–Crippen MR) is 356 cm³/mol. The lowest BCUT2D eigenvalue weighted by molar-refractivity contribution is 0.668. The Labute approximate surface area is 500 Å². The molecule has 15 aromatic carbocycles. The van der Waals surface area contributed by atoms with Gasteiger partial charge in [-0.3, -0.25) is 0 Å². The van der Waals surface area contributed by atoms with Crippen molar-refractivity contribution in [2.24, 2.45) is 0 Å². The maximum atomic E-state index is 8.88. The normalized spacial score (nSPS) is 13.2. The maximum absolute atomic E-state index is 8.88. The first-order valence-corrected chi connectivity index (χ1v) is 28.0. The topological polar surface area (TPSA) is 26.3 Å². The Hall–Kier alpha value is -11.1. The van der Waals surface area contributed by atoms with E-state index >= 15 is 0 Å². The summed E-state index contributed by atoms with van der Waals surface area (Å²) < 4.78 is 98.3. The first-order chi connectivity index (χ1) is 45.8. The highest BCUT2D eigenvalue weighted by atomic mass is 16.3. The first kappa shape index (κ1) is 39.4. The van der Waals surface area contributed by atoms with E-state index in [9.17, 15) is 0 Å². The fourth-order valence-corrected chi connectivity index (χ4v) is 12.7. The number of hydrogen-bond donors (Lipinski definition) is 0. The lowest BCUT2D eigenvalue weighted by Gasteiger charge is -2.18. The third-order valence-corrected chi connectivity index (χ3v) is 16.3. The lowest BCUT2D eigenvalue weighted by Crippen LogP contribution is -1.91. The Kier molecular flexibility index (Phi) is 9.60. The van der Waals surface area contributed by atoms with Crippen LogP contribution in [0.4, 0.5) is 0 Å². The minimum absolute atomic E-state index is 0.199. The van der Waals surface area contributed by atoms with Crippen molar-refractivity contribution in [2.45, 2.75) is 0 Å². The predicted octanol–water partition coefficient (Wildman–Crippen LogP) is 23.5. The SMILES string of the molecule is [2H]c1c([2H])c([2H])c(-c2c3ccccc3c(-c3cccc4oc5cc(-c6ccccc6)ccc5c34)c3ccccc23)c([2H])c1[2H].[2H]c1c([2H])c([2H])c(-c2c3ccccc3c(-c3cccc4oc5ccc(-c6ccc(-c7ccccc7)cc6)cc5c34)c3ccccc23)c([2H])c1[2H]. The quantitative estimate of drug-likeness (QED) is 0.149. The molecule has 392 valence electrons. The molecule has 0 aliphatic carbocycles. The molecule has 0 N–H and O–H groups in total. The van der Waals surface area contributed by atoms with Crippen molar-refractivity contribution in [3.05, 3.63) is 315 Å². The molecule has 2 heteroatoms. The van der Waals surface area contributed by atoms with Crippen LogP contribution in [-0.4, -0.2) is 0 Å². The van der Waals surface area contributed by atoms with Crippen molar-refractivity contribution in [3.8, 4) is 77.9 Å². The number of rotatable bonds is 7. The van der Waals surface area contributed by atoms with Crippen LogP contribution in [0.2, 0.25) is 0 Å². The molecule has 0 fully saturated rings. The molecule has 2 heterocycles. The second kappa shape index (κ2) is 20.5. The molecule has 0 spiro atoms. The van der Waals surface area contributed by atoms with Crippen LogP contribution >= 0.6 is 0 Å². The second-order valence-electron chi connectivity index (χ2n) is 21.0. The maximum Gasteiger partial charge on any atom is 0.136 e. The molecule has 0 aliphatic heterocycles. The Morgan fingerprint density at radius 3 is 1.01 bits per heavy atom. The summed E-state index contributed by atoms with van der Waals surface area (Å²) in [6.45, 7) is 0. The van der Waals surface area contributed by atoms with E-state index < -0.39 is 12.1 Å². The van der Waals surface area contributed by atoms with Gasteiger partial charge >= 0.3 is 0 Å². The molecule has 0 bridgehead atoms. The van der Waals surface area contributed by atoms with Gasteiger partial charge in [0.15, 0.2) is 0 Å². The molecule has 0 radical (unpaired) electrons. The molecule has 17 rings (SSSR count). The van der Waals surface area contributed by atoms with Crippen LogP contribution < -0.4 is 0 Å². The van der Waals surface area contributed by atoms with Crippen LogP contribution in [0.25, 0.3) is 165 Å². The zero-order valence-corrected chi connectivity index (χ0v) is 45.1. The van der Waals surface area contributed by atoms with E-state index in [1.807, 2.05) is 140 Å². The molecule has 2 nitrogen and oxygen atoms in total. The number of furan rings is 2. The Balaban J connectivity index is 0.000000150. The van der Waals surface area contributed by atoms with Gasteiger partial charge in [0.05, 0.1) is 13.7 Å². The van der Waals surface area contributed by atoms with Gasteiger partial charge < -0.3 is 8.83 Å². The summed E-state index contributed by atoms with van der Waals surface area (Å²) in [4.78, 5) is 0. The standard InChI is InChI=1S/C44H28O.C38H24O/c1-3-12-29(13-4-1)30-22-24-31(25-23-30)33-26-27-40-39(28-33)44-38(20-11-21-41(44)45-40)43-36-18-9-7-16-34(36)42(32-14-5-2-6-15-32)35-17-8-10-19-37(35)43;1-3-12-25(13-4-1)27-22-23-32-35(24-27)39-34-21-11-20-33(38(32)34)37-30-18-9-7-16-28(30)36(26-14-5-2-6-15-26)29-17-8-10-19-31(29)37/h1-28H;1-24H/i2*2D,5D,6D,14D,15D. The van der Waals surface area contributed by atoms with E-state index in [-0.39, 0.29) is 59.5 Å².